The van der Waals surface area contributed by atoms with Crippen LogP contribution in [0.25, 0.3) is 17.0 Å². The van der Waals surface area contributed by atoms with Crippen molar-refractivity contribution in [2.75, 3.05) is 20.1 Å². The number of hydrogen-bond acceptors (Lipinski definition) is 5. The summed E-state index contributed by atoms with van der Waals surface area (Å²) in [7, 11) is 1.78. The first-order chi connectivity index (χ1) is 19.7. The summed E-state index contributed by atoms with van der Waals surface area (Å²) in [6, 6.07) is 6.87. The Kier molecular flexibility index (Phi) is 7.86. The molecular weight excluding hydrogens is 584 g/mol. The number of aromatic nitrogens is 2. The van der Waals surface area contributed by atoms with Crippen LogP contribution in [0.1, 0.15) is 42.0 Å². The number of likely N-dealkylation sites (tertiary alicyclic amines) is 1. The summed E-state index contributed by atoms with van der Waals surface area (Å²) in [6.45, 7) is 2.40. The third-order valence-corrected chi connectivity index (χ3v) is 8.16. The van der Waals surface area contributed by atoms with E-state index >= 15 is 0 Å². The van der Waals surface area contributed by atoms with Gasteiger partial charge in [0.1, 0.15) is 5.84 Å². The quantitative estimate of drug-likeness (QED) is 0.309. The molecule has 3 aromatic rings. The topological polar surface area (TPSA) is 70.8 Å². The number of halogens is 6. The van der Waals surface area contributed by atoms with Crippen LogP contribution < -0.4 is 0 Å². The number of carbonyl (C=O) groups is 2. The third-order valence-electron chi connectivity index (χ3n) is 7.37. The zero-order valence-corrected chi connectivity index (χ0v) is 23.3. The molecule has 0 bridgehead atoms. The van der Waals surface area contributed by atoms with Crippen LogP contribution in [0, 0.1) is 0 Å². The average Bonchev–Trinajstić information content (AvgIpc) is 3.49. The van der Waals surface area contributed by atoms with E-state index in [2.05, 4.69) is 10.1 Å². The number of aliphatic imine (C=N–C) groups is 1. The van der Waals surface area contributed by atoms with Crippen molar-refractivity contribution < 1.29 is 35.9 Å². The molecule has 14 heteroatoms. The SMILES string of the molecule is CC(=O)N(C)C1CCN(C2=NC(=O)S/C2=C\c2ccc3nn(Cc4ccc(C(F)(F)F)cc4C(F)(F)F)cc3c2)CC1. The summed E-state index contributed by atoms with van der Waals surface area (Å²) in [6.07, 6.45) is -5.08. The molecule has 0 spiro atoms. The van der Waals surface area contributed by atoms with E-state index in [1.165, 1.54) is 17.8 Å². The van der Waals surface area contributed by atoms with Crippen LogP contribution >= 0.6 is 11.8 Å². The molecule has 2 aliphatic rings. The number of rotatable bonds is 4. The number of alkyl halides is 6. The molecule has 0 unspecified atom stereocenters. The smallest absolute Gasteiger partial charge is 0.355 e. The standard InChI is InChI=1S/C28H25F6N5O2S/c1-16(40)37(2)21-7-9-38(10-8-21)25-24(42-26(41)35-25)12-17-3-6-23-19(11-17)15-39(36-23)14-18-4-5-20(27(29,30)31)13-22(18)28(32,33)34/h3-6,11-13,15,21H,7-10,14H2,1-2H3/b24-12-. The monoisotopic (exact) mass is 609 g/mol. The average molecular weight is 610 g/mol. The lowest BCUT2D eigenvalue weighted by Gasteiger charge is -2.37. The van der Waals surface area contributed by atoms with Gasteiger partial charge in [0.25, 0.3) is 0 Å². The normalized spacial score (nSPS) is 17.8. The molecule has 1 fully saturated rings. The Balaban J connectivity index is 1.36. The summed E-state index contributed by atoms with van der Waals surface area (Å²) in [5.74, 6) is 0.559. The van der Waals surface area contributed by atoms with E-state index in [4.69, 9.17) is 0 Å². The zero-order chi connectivity index (χ0) is 30.4. The van der Waals surface area contributed by atoms with Crippen molar-refractivity contribution in [2.45, 2.75) is 44.7 Å². The van der Waals surface area contributed by atoms with Crippen LogP contribution in [0.3, 0.4) is 0 Å². The third kappa shape index (κ3) is 6.32. The Morgan fingerprint density at radius 1 is 1.07 bits per heavy atom. The summed E-state index contributed by atoms with van der Waals surface area (Å²) in [5, 5.41) is 4.56. The Morgan fingerprint density at radius 3 is 2.43 bits per heavy atom. The fourth-order valence-corrected chi connectivity index (χ4v) is 5.87. The predicted molar refractivity (Wildman–Crippen MR) is 147 cm³/mol. The molecule has 42 heavy (non-hydrogen) atoms. The summed E-state index contributed by atoms with van der Waals surface area (Å²) < 4.78 is 81.1. The second-order valence-electron chi connectivity index (χ2n) is 10.2. The Bertz CT molecular complexity index is 1600. The minimum atomic E-state index is -4.98. The Morgan fingerprint density at radius 2 is 1.79 bits per heavy atom. The van der Waals surface area contributed by atoms with Crippen molar-refractivity contribution in [1.82, 2.24) is 19.6 Å². The second-order valence-corrected chi connectivity index (χ2v) is 11.2. The van der Waals surface area contributed by atoms with Crippen molar-refractivity contribution in [1.29, 1.82) is 0 Å². The fraction of sp³-hybridized carbons (Fsp3) is 0.357. The number of fused-ring (bicyclic) bond motifs is 1. The van der Waals surface area contributed by atoms with Gasteiger partial charge in [-0.25, -0.2) is 0 Å². The van der Waals surface area contributed by atoms with Crippen LogP contribution in [0.4, 0.5) is 31.1 Å². The van der Waals surface area contributed by atoms with Gasteiger partial charge in [-0.3, -0.25) is 14.3 Å². The highest BCUT2D eigenvalue weighted by Crippen LogP contribution is 2.38. The first kappa shape index (κ1) is 29.7. The molecule has 222 valence electrons. The van der Waals surface area contributed by atoms with E-state index in [0.717, 1.165) is 30.7 Å². The lowest BCUT2D eigenvalue weighted by Crippen LogP contribution is -2.46. The number of carbonyl (C=O) groups excluding carboxylic acids is 2. The van der Waals surface area contributed by atoms with Crippen LogP contribution in [0.15, 0.2) is 52.5 Å². The molecule has 3 heterocycles. The summed E-state index contributed by atoms with van der Waals surface area (Å²) in [4.78, 5) is 32.5. The summed E-state index contributed by atoms with van der Waals surface area (Å²) >= 11 is 0.998. The molecule has 0 saturated carbocycles. The van der Waals surface area contributed by atoms with E-state index in [1.54, 1.807) is 36.2 Å². The highest BCUT2D eigenvalue weighted by molar-refractivity contribution is 8.18. The zero-order valence-electron chi connectivity index (χ0n) is 22.5. The molecule has 5 rings (SSSR count). The van der Waals surface area contributed by atoms with Gasteiger partial charge >= 0.3 is 17.6 Å². The minimum Gasteiger partial charge on any atom is -0.355 e. The maximum Gasteiger partial charge on any atom is 0.416 e. The highest BCUT2D eigenvalue weighted by Gasteiger charge is 2.38. The van der Waals surface area contributed by atoms with E-state index in [9.17, 15) is 35.9 Å². The maximum atomic E-state index is 13.6. The number of thioether (sulfide) groups is 1. The number of nitrogens with zero attached hydrogens (tertiary/aromatic N) is 5. The van der Waals surface area contributed by atoms with Crippen LogP contribution in [-0.2, 0) is 23.7 Å². The molecule has 1 saturated heterocycles. The van der Waals surface area contributed by atoms with Crippen molar-refractivity contribution in [3.63, 3.8) is 0 Å². The van der Waals surface area contributed by atoms with E-state index in [1.807, 2.05) is 4.90 Å². The first-order valence-electron chi connectivity index (χ1n) is 12.9. The summed E-state index contributed by atoms with van der Waals surface area (Å²) in [5.41, 5.74) is -1.89. The fourth-order valence-electron chi connectivity index (χ4n) is 5.09. The van der Waals surface area contributed by atoms with Gasteiger partial charge in [0.05, 0.1) is 28.1 Å². The Labute approximate surface area is 240 Å². The number of hydrogen-bond donors (Lipinski definition) is 0. The van der Waals surface area contributed by atoms with Gasteiger partial charge < -0.3 is 9.80 Å². The molecule has 0 aliphatic carbocycles. The molecule has 2 aliphatic heterocycles. The van der Waals surface area contributed by atoms with Gasteiger partial charge in [0.15, 0.2) is 0 Å². The van der Waals surface area contributed by atoms with Gasteiger partial charge in [-0.15, -0.1) is 0 Å². The molecule has 0 radical (unpaired) electrons. The predicted octanol–water partition coefficient (Wildman–Crippen LogP) is 6.67. The van der Waals surface area contributed by atoms with Gasteiger partial charge in [-0.05, 0) is 66.1 Å². The molecule has 1 aromatic heterocycles. The molecule has 0 N–H and O–H groups in total. The lowest BCUT2D eigenvalue weighted by molar-refractivity contribution is -0.143. The van der Waals surface area contributed by atoms with Crippen LogP contribution in [-0.4, -0.2) is 62.7 Å². The van der Waals surface area contributed by atoms with Gasteiger partial charge in [-0.1, -0.05) is 12.1 Å². The van der Waals surface area contributed by atoms with Crippen molar-refractivity contribution >= 4 is 45.7 Å². The van der Waals surface area contributed by atoms with Crippen LogP contribution in [0.5, 0.6) is 0 Å². The number of piperidine rings is 1. The van der Waals surface area contributed by atoms with Gasteiger partial charge in [-0.2, -0.15) is 36.4 Å². The second kappa shape index (κ2) is 11.1. The Hall–Kier alpha value is -3.81. The molecule has 2 aromatic carbocycles. The van der Waals surface area contributed by atoms with Crippen molar-refractivity contribution in [3.8, 4) is 0 Å². The molecule has 2 amide bonds. The highest BCUT2D eigenvalue weighted by atomic mass is 32.2. The van der Waals surface area contributed by atoms with E-state index < -0.39 is 23.5 Å². The van der Waals surface area contributed by atoms with E-state index in [0.29, 0.717) is 46.4 Å². The maximum absolute atomic E-state index is 13.6. The number of amides is 2. The number of benzene rings is 2. The van der Waals surface area contributed by atoms with Crippen molar-refractivity contribution in [3.05, 3.63) is 69.8 Å². The van der Waals surface area contributed by atoms with Crippen LogP contribution in [0.2, 0.25) is 0 Å². The molecule has 7 nitrogen and oxygen atoms in total. The van der Waals surface area contributed by atoms with Crippen molar-refractivity contribution in [2.24, 2.45) is 4.99 Å². The van der Waals surface area contributed by atoms with Gasteiger partial charge in [0.2, 0.25) is 5.91 Å². The molecule has 0 atom stereocenters. The lowest BCUT2D eigenvalue weighted by atomic mass is 10.0. The minimum absolute atomic E-state index is 0.00292. The number of amidine groups is 1. The first-order valence-corrected chi connectivity index (χ1v) is 13.8. The largest absolute Gasteiger partial charge is 0.416 e. The van der Waals surface area contributed by atoms with Gasteiger partial charge in [0, 0.05) is 44.7 Å². The molecular formula is C28H25F6N5O2S. The van der Waals surface area contributed by atoms with E-state index in [-0.39, 0.29) is 35.4 Å².